The van der Waals surface area contributed by atoms with Gasteiger partial charge in [-0.25, -0.2) is 9.97 Å². The van der Waals surface area contributed by atoms with Gasteiger partial charge in [0.1, 0.15) is 11.0 Å². The van der Waals surface area contributed by atoms with Gasteiger partial charge in [-0.3, -0.25) is 0 Å². The van der Waals surface area contributed by atoms with E-state index in [2.05, 4.69) is 226 Å². The van der Waals surface area contributed by atoms with Gasteiger partial charge < -0.3 is 22.9 Å². The third-order valence-corrected chi connectivity index (χ3v) is 14.6. The average molecular weight is 962 g/mol. The van der Waals surface area contributed by atoms with Crippen LogP contribution in [0.2, 0.25) is 0 Å². The summed E-state index contributed by atoms with van der Waals surface area (Å²) in [7, 11) is 0. The highest BCUT2D eigenvalue weighted by Crippen LogP contribution is 2.43. The topological polar surface area (TPSA) is 65.2 Å². The second-order valence-electron chi connectivity index (χ2n) is 19.0. The molecule has 0 aliphatic carbocycles. The molecule has 15 aromatic rings. The van der Waals surface area contributed by atoms with E-state index >= 15 is 0 Å². The number of aromatic nitrogens is 4. The van der Waals surface area contributed by atoms with Crippen LogP contribution in [0.4, 0.5) is 17.1 Å². The Labute approximate surface area is 431 Å². The number of rotatable bonds is 9. The van der Waals surface area contributed by atoms with Crippen LogP contribution in [0.15, 0.2) is 270 Å². The molecule has 0 aliphatic rings. The van der Waals surface area contributed by atoms with Gasteiger partial charge in [0.15, 0.2) is 11.2 Å². The number of hydrogen-bond donors (Lipinski definition) is 0. The number of anilines is 3. The highest BCUT2D eigenvalue weighted by molar-refractivity contribution is 6.12. The van der Waals surface area contributed by atoms with Crippen molar-refractivity contribution in [2.75, 3.05) is 4.90 Å². The van der Waals surface area contributed by atoms with E-state index in [9.17, 15) is 0 Å². The molecule has 0 radical (unpaired) electrons. The highest BCUT2D eigenvalue weighted by Gasteiger charge is 2.21. The fourth-order valence-electron chi connectivity index (χ4n) is 11.0. The van der Waals surface area contributed by atoms with E-state index in [0.717, 1.165) is 100 Å². The van der Waals surface area contributed by atoms with Gasteiger partial charge in [0.25, 0.3) is 0 Å². The zero-order valence-corrected chi connectivity index (χ0v) is 40.4. The van der Waals surface area contributed by atoms with Gasteiger partial charge in [0, 0.05) is 61.1 Å². The number of nitrogens with zero attached hydrogens (tertiary/aromatic N) is 5. The second kappa shape index (κ2) is 17.2. The molecule has 352 valence electrons. The quantitative estimate of drug-likeness (QED) is 0.144. The predicted octanol–water partition coefficient (Wildman–Crippen LogP) is 18.3. The Hall–Kier alpha value is -10.2. The Kier molecular flexibility index (Phi) is 9.75. The molecular weight excluding hydrogens is 919 g/mol. The molecule has 15 rings (SSSR count). The van der Waals surface area contributed by atoms with Crippen LogP contribution in [-0.2, 0) is 0 Å². The first-order valence-electron chi connectivity index (χ1n) is 25.2. The monoisotopic (exact) mass is 961 g/mol. The Morgan fingerprint density at radius 1 is 0.280 bits per heavy atom. The number of benzene rings is 11. The Bertz CT molecular complexity index is 4320. The molecule has 0 bridgehead atoms. The maximum atomic E-state index is 6.15. The van der Waals surface area contributed by atoms with Crippen molar-refractivity contribution < 1.29 is 8.83 Å². The number of fused-ring (bicyclic) bond motifs is 8. The van der Waals surface area contributed by atoms with E-state index in [1.807, 2.05) is 48.5 Å². The molecule has 4 aromatic heterocycles. The molecule has 0 fully saturated rings. The standard InChI is InChI=1S/C68H43N5O2/c1-2-12-44(13-3-1)45-22-24-46(25-23-45)47-26-32-50(33-27-47)71(53-38-40-63-57(42-53)55-14-4-8-18-61(55)72(63)51-34-28-48(29-35-51)67-69-59-16-6-10-20-65(59)74-67)54-39-41-64-58(43-54)56-15-5-9-19-62(56)73(64)52-36-30-49(31-37-52)68-70-60-17-7-11-21-66(60)75-68/h1-43H. The molecule has 0 atom stereocenters. The van der Waals surface area contributed by atoms with Crippen molar-refractivity contribution in [1.29, 1.82) is 0 Å². The summed E-state index contributed by atoms with van der Waals surface area (Å²) in [5, 5.41) is 4.66. The van der Waals surface area contributed by atoms with Gasteiger partial charge in [-0.05, 0) is 156 Å². The summed E-state index contributed by atoms with van der Waals surface area (Å²) in [4.78, 5) is 11.9. The first kappa shape index (κ1) is 42.4. The van der Waals surface area contributed by atoms with Gasteiger partial charge in [-0.2, -0.15) is 0 Å². The zero-order valence-electron chi connectivity index (χ0n) is 40.4. The summed E-state index contributed by atoms with van der Waals surface area (Å²) in [6, 6.07) is 92.3. The summed E-state index contributed by atoms with van der Waals surface area (Å²) < 4.78 is 17.0. The van der Waals surface area contributed by atoms with E-state index in [-0.39, 0.29) is 0 Å². The molecular formula is C68H43N5O2. The van der Waals surface area contributed by atoms with Crippen molar-refractivity contribution in [1.82, 2.24) is 19.1 Å². The molecule has 7 nitrogen and oxygen atoms in total. The fourth-order valence-corrected chi connectivity index (χ4v) is 11.0. The van der Waals surface area contributed by atoms with Gasteiger partial charge in [0.05, 0.1) is 22.1 Å². The van der Waals surface area contributed by atoms with E-state index in [1.165, 1.54) is 27.5 Å². The Balaban J connectivity index is 0.851. The molecule has 0 spiro atoms. The maximum absolute atomic E-state index is 6.15. The molecule has 0 amide bonds. The fraction of sp³-hybridized carbons (Fsp3) is 0. The van der Waals surface area contributed by atoms with Crippen LogP contribution in [0, 0.1) is 0 Å². The first-order chi connectivity index (χ1) is 37.1. The maximum Gasteiger partial charge on any atom is 0.227 e. The minimum Gasteiger partial charge on any atom is -0.436 e. The molecule has 75 heavy (non-hydrogen) atoms. The molecule has 0 N–H and O–H groups in total. The van der Waals surface area contributed by atoms with E-state index < -0.39 is 0 Å². The lowest BCUT2D eigenvalue weighted by atomic mass is 10.00. The number of hydrogen-bond acceptors (Lipinski definition) is 5. The lowest BCUT2D eigenvalue weighted by Crippen LogP contribution is -2.10. The van der Waals surface area contributed by atoms with Crippen LogP contribution in [0.1, 0.15) is 0 Å². The molecule has 0 unspecified atom stereocenters. The summed E-state index contributed by atoms with van der Waals surface area (Å²) in [5.74, 6) is 1.22. The molecule has 0 saturated heterocycles. The van der Waals surface area contributed by atoms with Crippen LogP contribution in [0.3, 0.4) is 0 Å². The van der Waals surface area contributed by atoms with Crippen molar-refractivity contribution in [3.63, 3.8) is 0 Å². The summed E-state index contributed by atoms with van der Waals surface area (Å²) in [5.41, 5.74) is 19.6. The van der Waals surface area contributed by atoms with Crippen LogP contribution in [0.5, 0.6) is 0 Å². The van der Waals surface area contributed by atoms with Crippen molar-refractivity contribution in [3.8, 4) is 56.5 Å². The average Bonchev–Trinajstić information content (AvgIpc) is 4.28. The van der Waals surface area contributed by atoms with Crippen LogP contribution < -0.4 is 4.90 Å². The third kappa shape index (κ3) is 7.20. The SMILES string of the molecule is c1ccc(-c2ccc(-c3ccc(N(c4ccc5c(c4)c4ccccc4n5-c4ccc(-c5nc6ccccc6o5)cc4)c4ccc5c(c4)c4ccccc4n5-c4ccc(-c5nc6ccccc6o5)cc4)cc3)cc2)cc1. The van der Waals surface area contributed by atoms with E-state index in [1.54, 1.807) is 0 Å². The van der Waals surface area contributed by atoms with E-state index in [4.69, 9.17) is 18.8 Å². The van der Waals surface area contributed by atoms with Crippen molar-refractivity contribution in [3.05, 3.63) is 261 Å². The number of oxazole rings is 2. The summed E-state index contributed by atoms with van der Waals surface area (Å²) in [6.07, 6.45) is 0. The van der Waals surface area contributed by atoms with Gasteiger partial charge in [0.2, 0.25) is 11.8 Å². The van der Waals surface area contributed by atoms with Gasteiger partial charge in [-0.15, -0.1) is 0 Å². The van der Waals surface area contributed by atoms with Crippen LogP contribution in [-0.4, -0.2) is 19.1 Å². The minimum atomic E-state index is 0.609. The summed E-state index contributed by atoms with van der Waals surface area (Å²) >= 11 is 0. The zero-order chi connectivity index (χ0) is 49.4. The van der Waals surface area contributed by atoms with Gasteiger partial charge >= 0.3 is 0 Å². The lowest BCUT2D eigenvalue weighted by Gasteiger charge is -2.26. The van der Waals surface area contributed by atoms with E-state index in [0.29, 0.717) is 11.8 Å². The van der Waals surface area contributed by atoms with Crippen molar-refractivity contribution in [2.24, 2.45) is 0 Å². The van der Waals surface area contributed by atoms with Gasteiger partial charge in [-0.1, -0.05) is 127 Å². The van der Waals surface area contributed by atoms with Crippen LogP contribution >= 0.6 is 0 Å². The molecule has 7 heteroatoms. The minimum absolute atomic E-state index is 0.609. The highest BCUT2D eigenvalue weighted by atomic mass is 16.4. The smallest absolute Gasteiger partial charge is 0.227 e. The summed E-state index contributed by atoms with van der Waals surface area (Å²) in [6.45, 7) is 0. The first-order valence-corrected chi connectivity index (χ1v) is 25.2. The predicted molar refractivity (Wildman–Crippen MR) is 307 cm³/mol. The largest absolute Gasteiger partial charge is 0.436 e. The third-order valence-electron chi connectivity index (χ3n) is 14.6. The molecule has 11 aromatic carbocycles. The normalized spacial score (nSPS) is 11.7. The van der Waals surface area contributed by atoms with Crippen LogP contribution in [0.25, 0.3) is 122 Å². The van der Waals surface area contributed by atoms with Crippen molar-refractivity contribution >= 4 is 82.9 Å². The van der Waals surface area contributed by atoms with Crippen molar-refractivity contribution in [2.45, 2.75) is 0 Å². The molecule has 0 saturated carbocycles. The molecule has 0 aliphatic heterocycles. The number of para-hydroxylation sites is 6. The second-order valence-corrected chi connectivity index (χ2v) is 19.0. The molecule has 4 heterocycles. The lowest BCUT2D eigenvalue weighted by molar-refractivity contribution is 0.619. The Morgan fingerprint density at radius 2 is 0.640 bits per heavy atom. The Morgan fingerprint density at radius 3 is 1.11 bits per heavy atom.